The van der Waals surface area contributed by atoms with Gasteiger partial charge in [0.2, 0.25) is 5.91 Å². The van der Waals surface area contributed by atoms with E-state index in [1.165, 1.54) is 0 Å². The highest BCUT2D eigenvalue weighted by Gasteiger charge is 2.09. The highest BCUT2D eigenvalue weighted by Crippen LogP contribution is 2.23. The van der Waals surface area contributed by atoms with Gasteiger partial charge in [-0.25, -0.2) is 4.98 Å². The standard InChI is InChI=1S/C22H18N2O3/c25-21(14-15-22-24-19-8-4-5-9-20(19)27-22)23-16-10-12-18(13-11-16)26-17-6-2-1-3-7-17/h1-13H,14-15H2,(H,23,25). The van der Waals surface area contributed by atoms with Gasteiger partial charge in [0.05, 0.1) is 0 Å². The molecule has 1 amide bonds. The van der Waals surface area contributed by atoms with E-state index in [1.54, 1.807) is 0 Å². The molecule has 0 aliphatic carbocycles. The third kappa shape index (κ3) is 4.33. The molecule has 0 unspecified atom stereocenters. The second-order valence-corrected chi connectivity index (χ2v) is 6.06. The number of hydrogen-bond acceptors (Lipinski definition) is 4. The molecule has 0 aliphatic heterocycles. The molecule has 3 aromatic carbocycles. The summed E-state index contributed by atoms with van der Waals surface area (Å²) in [4.78, 5) is 16.5. The first-order valence-corrected chi connectivity index (χ1v) is 8.73. The van der Waals surface area contributed by atoms with Crippen molar-refractivity contribution in [3.63, 3.8) is 0 Å². The van der Waals surface area contributed by atoms with Crippen molar-refractivity contribution in [2.24, 2.45) is 0 Å². The lowest BCUT2D eigenvalue weighted by atomic mass is 10.2. The Labute approximate surface area is 156 Å². The van der Waals surface area contributed by atoms with Crippen LogP contribution in [-0.4, -0.2) is 10.9 Å². The normalized spacial score (nSPS) is 10.7. The number of para-hydroxylation sites is 3. The van der Waals surface area contributed by atoms with E-state index in [-0.39, 0.29) is 5.91 Å². The Morgan fingerprint density at radius 3 is 2.37 bits per heavy atom. The van der Waals surface area contributed by atoms with E-state index in [0.29, 0.717) is 24.5 Å². The molecule has 0 spiro atoms. The monoisotopic (exact) mass is 358 g/mol. The molecule has 27 heavy (non-hydrogen) atoms. The van der Waals surface area contributed by atoms with Crippen LogP contribution in [0.4, 0.5) is 5.69 Å². The minimum Gasteiger partial charge on any atom is -0.457 e. The van der Waals surface area contributed by atoms with E-state index in [1.807, 2.05) is 78.9 Å². The summed E-state index contributed by atoms with van der Waals surface area (Å²) in [6, 6.07) is 24.4. The molecule has 1 aromatic heterocycles. The van der Waals surface area contributed by atoms with Gasteiger partial charge >= 0.3 is 0 Å². The second kappa shape index (κ2) is 7.74. The number of aromatic nitrogens is 1. The number of carbonyl (C=O) groups excluding carboxylic acids is 1. The van der Waals surface area contributed by atoms with Crippen molar-refractivity contribution in [1.82, 2.24) is 4.98 Å². The molecule has 0 aliphatic rings. The summed E-state index contributed by atoms with van der Waals surface area (Å²) in [5.74, 6) is 1.96. The summed E-state index contributed by atoms with van der Waals surface area (Å²) in [5.41, 5.74) is 2.27. The van der Waals surface area contributed by atoms with E-state index in [0.717, 1.165) is 22.5 Å². The number of oxazole rings is 1. The van der Waals surface area contributed by atoms with E-state index in [4.69, 9.17) is 9.15 Å². The quantitative estimate of drug-likeness (QED) is 0.515. The van der Waals surface area contributed by atoms with Crippen molar-refractivity contribution in [1.29, 1.82) is 0 Å². The average molecular weight is 358 g/mol. The summed E-state index contributed by atoms with van der Waals surface area (Å²) in [6.07, 6.45) is 0.755. The molecular weight excluding hydrogens is 340 g/mol. The zero-order valence-electron chi connectivity index (χ0n) is 14.6. The van der Waals surface area contributed by atoms with Gasteiger partial charge in [0, 0.05) is 18.5 Å². The molecule has 0 atom stereocenters. The number of hydrogen-bond donors (Lipinski definition) is 1. The van der Waals surface area contributed by atoms with Gasteiger partial charge in [0.25, 0.3) is 0 Å². The smallest absolute Gasteiger partial charge is 0.224 e. The van der Waals surface area contributed by atoms with Gasteiger partial charge < -0.3 is 14.5 Å². The summed E-state index contributed by atoms with van der Waals surface area (Å²) in [6.45, 7) is 0. The van der Waals surface area contributed by atoms with Crippen LogP contribution in [0.1, 0.15) is 12.3 Å². The predicted octanol–water partition coefficient (Wildman–Crippen LogP) is 5.19. The van der Waals surface area contributed by atoms with Crippen molar-refractivity contribution in [2.45, 2.75) is 12.8 Å². The van der Waals surface area contributed by atoms with Crippen molar-refractivity contribution in [2.75, 3.05) is 5.32 Å². The Bertz CT molecular complexity index is 1010. The van der Waals surface area contributed by atoms with Gasteiger partial charge in [-0.05, 0) is 48.5 Å². The SMILES string of the molecule is O=C(CCc1nc2ccccc2o1)Nc1ccc(Oc2ccccc2)cc1. The number of aryl methyl sites for hydroxylation is 1. The number of ether oxygens (including phenoxy) is 1. The third-order valence-electron chi connectivity index (χ3n) is 4.02. The van der Waals surface area contributed by atoms with Crippen molar-refractivity contribution in [3.05, 3.63) is 84.8 Å². The second-order valence-electron chi connectivity index (χ2n) is 6.06. The Hall–Kier alpha value is -3.60. The first-order chi connectivity index (χ1) is 13.3. The lowest BCUT2D eigenvalue weighted by molar-refractivity contribution is -0.116. The van der Waals surface area contributed by atoms with E-state index in [9.17, 15) is 4.79 Å². The number of nitrogens with zero attached hydrogens (tertiary/aromatic N) is 1. The van der Waals surface area contributed by atoms with Crippen LogP contribution in [0.3, 0.4) is 0 Å². The number of fused-ring (bicyclic) bond motifs is 1. The minimum absolute atomic E-state index is 0.0889. The molecule has 0 radical (unpaired) electrons. The summed E-state index contributed by atoms with van der Waals surface area (Å²) >= 11 is 0. The number of nitrogens with one attached hydrogen (secondary N) is 1. The zero-order valence-corrected chi connectivity index (χ0v) is 14.6. The lowest BCUT2D eigenvalue weighted by Crippen LogP contribution is -2.12. The van der Waals surface area contributed by atoms with Crippen LogP contribution in [0.2, 0.25) is 0 Å². The minimum atomic E-state index is -0.0889. The van der Waals surface area contributed by atoms with Crippen LogP contribution in [0.25, 0.3) is 11.1 Å². The predicted molar refractivity (Wildman–Crippen MR) is 104 cm³/mol. The van der Waals surface area contributed by atoms with Gasteiger partial charge in [-0.2, -0.15) is 0 Å². The van der Waals surface area contributed by atoms with Gasteiger partial charge in [0.15, 0.2) is 11.5 Å². The van der Waals surface area contributed by atoms with E-state index in [2.05, 4.69) is 10.3 Å². The molecule has 4 aromatic rings. The Morgan fingerprint density at radius 2 is 1.59 bits per heavy atom. The Balaban J connectivity index is 1.31. The van der Waals surface area contributed by atoms with Crippen molar-refractivity contribution < 1.29 is 13.9 Å². The number of amides is 1. The van der Waals surface area contributed by atoms with Crippen LogP contribution >= 0.6 is 0 Å². The fraction of sp³-hybridized carbons (Fsp3) is 0.0909. The Morgan fingerprint density at radius 1 is 0.889 bits per heavy atom. The number of anilines is 1. The number of carbonyl (C=O) groups is 1. The number of benzene rings is 3. The van der Waals surface area contributed by atoms with Gasteiger partial charge in [0.1, 0.15) is 17.0 Å². The first kappa shape index (κ1) is 16.8. The van der Waals surface area contributed by atoms with Crippen molar-refractivity contribution in [3.8, 4) is 11.5 Å². The van der Waals surface area contributed by atoms with Crippen LogP contribution in [0, 0.1) is 0 Å². The Kier molecular flexibility index (Phi) is 4.83. The molecule has 1 heterocycles. The van der Waals surface area contributed by atoms with Crippen LogP contribution in [0.5, 0.6) is 11.5 Å². The highest BCUT2D eigenvalue weighted by molar-refractivity contribution is 5.90. The van der Waals surface area contributed by atoms with Crippen LogP contribution in [-0.2, 0) is 11.2 Å². The van der Waals surface area contributed by atoms with Gasteiger partial charge in [-0.15, -0.1) is 0 Å². The molecule has 0 bridgehead atoms. The zero-order chi connectivity index (χ0) is 18.5. The maximum atomic E-state index is 12.2. The molecule has 0 fully saturated rings. The van der Waals surface area contributed by atoms with E-state index >= 15 is 0 Å². The molecule has 4 rings (SSSR count). The molecule has 5 nitrogen and oxygen atoms in total. The highest BCUT2D eigenvalue weighted by atomic mass is 16.5. The van der Waals surface area contributed by atoms with Crippen LogP contribution < -0.4 is 10.1 Å². The summed E-state index contributed by atoms with van der Waals surface area (Å²) in [5, 5.41) is 2.87. The number of rotatable bonds is 6. The summed E-state index contributed by atoms with van der Waals surface area (Å²) in [7, 11) is 0. The molecule has 134 valence electrons. The molecule has 0 saturated heterocycles. The van der Waals surface area contributed by atoms with E-state index < -0.39 is 0 Å². The van der Waals surface area contributed by atoms with Crippen molar-refractivity contribution >= 4 is 22.7 Å². The maximum Gasteiger partial charge on any atom is 0.224 e. The fourth-order valence-corrected chi connectivity index (χ4v) is 2.70. The fourth-order valence-electron chi connectivity index (χ4n) is 2.70. The molecule has 0 saturated carbocycles. The van der Waals surface area contributed by atoms with Crippen LogP contribution in [0.15, 0.2) is 83.3 Å². The van der Waals surface area contributed by atoms with Gasteiger partial charge in [-0.3, -0.25) is 4.79 Å². The third-order valence-corrected chi connectivity index (χ3v) is 4.02. The summed E-state index contributed by atoms with van der Waals surface area (Å²) < 4.78 is 11.4. The van der Waals surface area contributed by atoms with Gasteiger partial charge in [-0.1, -0.05) is 30.3 Å². The first-order valence-electron chi connectivity index (χ1n) is 8.73. The topological polar surface area (TPSA) is 64.4 Å². The largest absolute Gasteiger partial charge is 0.457 e. The average Bonchev–Trinajstić information content (AvgIpc) is 3.12. The lowest BCUT2D eigenvalue weighted by Gasteiger charge is -2.07. The molecule has 5 heteroatoms. The molecular formula is C22H18N2O3. The molecule has 1 N–H and O–H groups in total. The maximum absolute atomic E-state index is 12.2.